The molecule has 1 unspecified atom stereocenters. The van der Waals surface area contributed by atoms with Crippen LogP contribution in [0.2, 0.25) is 5.15 Å². The summed E-state index contributed by atoms with van der Waals surface area (Å²) in [4.78, 5) is 6.42. The molecule has 1 aliphatic rings. The zero-order chi connectivity index (χ0) is 21.1. The third kappa shape index (κ3) is 4.59. The number of hydroxylamine groups is 1. The SMILES string of the molecule is Cc1ccc(S(=O)(=O)ON(c2ccccc2)C2CCN(c3ccc(Cl)nc3)C2)cc1. The average Bonchev–Trinajstić information content (AvgIpc) is 3.23. The fraction of sp³-hybridized carbons (Fsp3) is 0.227. The molecule has 4 rings (SSSR count). The van der Waals surface area contributed by atoms with Crippen LogP contribution in [0, 0.1) is 6.92 Å². The van der Waals surface area contributed by atoms with Crippen LogP contribution in [0.1, 0.15) is 12.0 Å². The van der Waals surface area contributed by atoms with Gasteiger partial charge in [0.1, 0.15) is 5.15 Å². The van der Waals surface area contributed by atoms with E-state index in [0.717, 1.165) is 24.2 Å². The first-order valence-electron chi connectivity index (χ1n) is 9.64. The molecule has 0 aliphatic carbocycles. The van der Waals surface area contributed by atoms with Crippen LogP contribution >= 0.6 is 11.6 Å². The zero-order valence-corrected chi connectivity index (χ0v) is 18.1. The van der Waals surface area contributed by atoms with Gasteiger partial charge in [-0.2, -0.15) is 8.42 Å². The summed E-state index contributed by atoms with van der Waals surface area (Å²) in [6, 6.07) is 19.4. The lowest BCUT2D eigenvalue weighted by Crippen LogP contribution is -2.39. The Labute approximate surface area is 181 Å². The summed E-state index contributed by atoms with van der Waals surface area (Å²) in [5.41, 5.74) is 2.61. The number of para-hydroxylation sites is 1. The van der Waals surface area contributed by atoms with Crippen LogP contribution < -0.4 is 9.96 Å². The Morgan fingerprint density at radius 2 is 1.80 bits per heavy atom. The van der Waals surface area contributed by atoms with E-state index >= 15 is 0 Å². The molecule has 1 atom stereocenters. The van der Waals surface area contributed by atoms with E-state index in [4.69, 9.17) is 15.9 Å². The van der Waals surface area contributed by atoms with E-state index in [1.807, 2.05) is 43.3 Å². The summed E-state index contributed by atoms with van der Waals surface area (Å²) in [6.07, 6.45) is 2.46. The Morgan fingerprint density at radius 3 is 2.47 bits per heavy atom. The van der Waals surface area contributed by atoms with Gasteiger partial charge in [0.05, 0.1) is 28.5 Å². The van der Waals surface area contributed by atoms with E-state index < -0.39 is 10.1 Å². The van der Waals surface area contributed by atoms with Crippen LogP contribution in [0.3, 0.4) is 0 Å². The summed E-state index contributed by atoms with van der Waals surface area (Å²) in [6.45, 7) is 3.26. The first-order chi connectivity index (χ1) is 14.4. The largest absolute Gasteiger partial charge is 0.368 e. The van der Waals surface area contributed by atoms with Crippen molar-refractivity contribution < 1.29 is 12.7 Å². The smallest absolute Gasteiger partial charge is 0.317 e. The molecule has 1 saturated heterocycles. The number of anilines is 2. The molecule has 0 radical (unpaired) electrons. The first kappa shape index (κ1) is 20.7. The fourth-order valence-electron chi connectivity index (χ4n) is 3.47. The highest BCUT2D eigenvalue weighted by molar-refractivity contribution is 7.86. The highest BCUT2D eigenvalue weighted by Gasteiger charge is 2.33. The Bertz CT molecular complexity index is 1090. The molecule has 0 N–H and O–H groups in total. The van der Waals surface area contributed by atoms with Gasteiger partial charge in [-0.05, 0) is 49.7 Å². The van der Waals surface area contributed by atoms with Crippen molar-refractivity contribution in [2.45, 2.75) is 24.3 Å². The number of pyridine rings is 1. The predicted octanol–water partition coefficient (Wildman–Crippen LogP) is 4.45. The number of hydrogen-bond donors (Lipinski definition) is 0. The second-order valence-corrected chi connectivity index (χ2v) is 9.15. The van der Waals surface area contributed by atoms with Gasteiger partial charge in [-0.3, -0.25) is 0 Å². The van der Waals surface area contributed by atoms with Crippen LogP contribution in [-0.2, 0) is 14.4 Å². The van der Waals surface area contributed by atoms with E-state index in [1.165, 1.54) is 5.06 Å². The first-order valence-corrected chi connectivity index (χ1v) is 11.4. The third-order valence-corrected chi connectivity index (χ3v) is 6.50. The minimum Gasteiger partial charge on any atom is -0.368 e. The maximum absolute atomic E-state index is 13.0. The second kappa shape index (κ2) is 8.63. The number of halogens is 1. The average molecular weight is 444 g/mol. The number of rotatable bonds is 6. The van der Waals surface area contributed by atoms with Crippen LogP contribution in [-0.4, -0.2) is 32.5 Å². The molecule has 0 saturated carbocycles. The maximum atomic E-state index is 13.0. The minimum atomic E-state index is -3.97. The normalized spacial score (nSPS) is 16.6. The summed E-state index contributed by atoms with van der Waals surface area (Å²) in [7, 11) is -3.97. The molecule has 3 aromatic rings. The number of nitrogens with zero attached hydrogens (tertiary/aromatic N) is 3. The van der Waals surface area contributed by atoms with Crippen molar-refractivity contribution in [1.29, 1.82) is 0 Å². The Hall–Kier alpha value is -2.61. The van der Waals surface area contributed by atoms with Gasteiger partial charge in [0, 0.05) is 13.1 Å². The van der Waals surface area contributed by atoms with Crippen molar-refractivity contribution in [3.63, 3.8) is 0 Å². The van der Waals surface area contributed by atoms with E-state index in [-0.39, 0.29) is 10.9 Å². The highest BCUT2D eigenvalue weighted by atomic mass is 35.5. The van der Waals surface area contributed by atoms with Crippen molar-refractivity contribution in [2.24, 2.45) is 0 Å². The van der Waals surface area contributed by atoms with E-state index in [2.05, 4.69) is 9.88 Å². The molecule has 2 aromatic carbocycles. The maximum Gasteiger partial charge on any atom is 0.317 e. The van der Waals surface area contributed by atoms with Crippen molar-refractivity contribution in [2.75, 3.05) is 23.1 Å². The number of hydrogen-bond acceptors (Lipinski definition) is 6. The number of benzene rings is 2. The third-order valence-electron chi connectivity index (χ3n) is 5.07. The lowest BCUT2D eigenvalue weighted by molar-refractivity contribution is 0.252. The van der Waals surface area contributed by atoms with Gasteiger partial charge in [0.25, 0.3) is 0 Å². The van der Waals surface area contributed by atoms with Gasteiger partial charge in [0.2, 0.25) is 0 Å². The molecule has 1 fully saturated rings. The van der Waals surface area contributed by atoms with Crippen LogP contribution in [0.15, 0.2) is 77.8 Å². The van der Waals surface area contributed by atoms with E-state index in [1.54, 1.807) is 36.5 Å². The fourth-order valence-corrected chi connectivity index (χ4v) is 4.55. The van der Waals surface area contributed by atoms with E-state index in [9.17, 15) is 8.42 Å². The van der Waals surface area contributed by atoms with Gasteiger partial charge >= 0.3 is 10.1 Å². The molecule has 1 aromatic heterocycles. The van der Waals surface area contributed by atoms with Gasteiger partial charge in [-0.25, -0.2) is 10.0 Å². The molecule has 6 nitrogen and oxygen atoms in total. The van der Waals surface area contributed by atoms with Gasteiger partial charge in [-0.15, -0.1) is 4.28 Å². The topological polar surface area (TPSA) is 62.7 Å². The van der Waals surface area contributed by atoms with Crippen molar-refractivity contribution in [1.82, 2.24) is 4.98 Å². The molecular weight excluding hydrogens is 422 g/mol. The number of aryl methyl sites for hydroxylation is 1. The highest BCUT2D eigenvalue weighted by Crippen LogP contribution is 2.29. The van der Waals surface area contributed by atoms with Crippen LogP contribution in [0.25, 0.3) is 0 Å². The van der Waals surface area contributed by atoms with Gasteiger partial charge in [-0.1, -0.05) is 47.5 Å². The van der Waals surface area contributed by atoms with Gasteiger partial charge in [0.15, 0.2) is 0 Å². The Kier molecular flexibility index (Phi) is 5.94. The molecule has 30 heavy (non-hydrogen) atoms. The standard InChI is InChI=1S/C22H22ClN3O3S/c1-17-7-10-21(11-8-17)30(27,28)29-26(18-5-3-2-4-6-18)20-13-14-25(16-20)19-9-12-22(23)24-15-19/h2-12,15,20H,13-14,16H2,1H3. The second-order valence-electron chi connectivity index (χ2n) is 7.23. The predicted molar refractivity (Wildman–Crippen MR) is 118 cm³/mol. The lowest BCUT2D eigenvalue weighted by atomic mass is 10.2. The van der Waals surface area contributed by atoms with E-state index in [0.29, 0.717) is 17.4 Å². The quantitative estimate of drug-likeness (QED) is 0.414. The molecule has 0 amide bonds. The molecule has 156 valence electrons. The van der Waals surface area contributed by atoms with Crippen molar-refractivity contribution >= 4 is 33.1 Å². The molecule has 0 spiro atoms. The van der Waals surface area contributed by atoms with Gasteiger partial charge < -0.3 is 4.90 Å². The van der Waals surface area contributed by atoms with Crippen LogP contribution in [0.4, 0.5) is 11.4 Å². The van der Waals surface area contributed by atoms with Crippen LogP contribution in [0.5, 0.6) is 0 Å². The molecular formula is C22H22ClN3O3S. The zero-order valence-electron chi connectivity index (χ0n) is 16.5. The summed E-state index contributed by atoms with van der Waals surface area (Å²) < 4.78 is 31.6. The summed E-state index contributed by atoms with van der Waals surface area (Å²) in [5.74, 6) is 0. The molecule has 8 heteroatoms. The molecule has 0 bridgehead atoms. The Morgan fingerprint density at radius 1 is 1.07 bits per heavy atom. The summed E-state index contributed by atoms with van der Waals surface area (Å²) in [5, 5.41) is 1.95. The molecule has 1 aliphatic heterocycles. The lowest BCUT2D eigenvalue weighted by Gasteiger charge is -2.29. The Balaban J connectivity index is 1.59. The monoisotopic (exact) mass is 443 g/mol. The number of aromatic nitrogens is 1. The summed E-state index contributed by atoms with van der Waals surface area (Å²) >= 11 is 5.89. The minimum absolute atomic E-state index is 0.130. The molecule has 2 heterocycles. The van der Waals surface area contributed by atoms with Crippen molar-refractivity contribution in [3.8, 4) is 0 Å². The van der Waals surface area contributed by atoms with Crippen molar-refractivity contribution in [3.05, 3.63) is 83.6 Å².